The molecule has 9 aromatic rings. The number of hydrogen-bond donors (Lipinski definition) is 0. The van der Waals surface area contributed by atoms with Crippen molar-refractivity contribution < 1.29 is 4.42 Å². The summed E-state index contributed by atoms with van der Waals surface area (Å²) in [5.41, 5.74) is 11.6. The first-order valence-corrected chi connectivity index (χ1v) is 16.4. The lowest BCUT2D eigenvalue weighted by molar-refractivity contribution is 0.620. The van der Waals surface area contributed by atoms with Gasteiger partial charge in [-0.05, 0) is 63.4 Å². The maximum atomic E-state index is 6.32. The second kappa shape index (κ2) is 12.2. The van der Waals surface area contributed by atoms with E-state index < -0.39 is 0 Å². The Morgan fingerprint density at radius 3 is 1.67 bits per heavy atom. The molecule has 9 rings (SSSR count). The Kier molecular flexibility index (Phi) is 7.10. The standard InChI is InChI=1S/C45H29N3O/c1-4-15-31(16-5-1)40-29-41(32-17-6-2-7-18-32)47-44(46-40)38-23-13-12-22-37(38)43-35-21-11-10-14-30(35)24-26-36(43)34-25-27-39-42(28-34)49-45(48-39)33-19-8-3-9-20-33/h1-29H. The van der Waals surface area contributed by atoms with Crippen molar-refractivity contribution in [2.24, 2.45) is 0 Å². The lowest BCUT2D eigenvalue weighted by atomic mass is 9.87. The quantitative estimate of drug-likeness (QED) is 0.184. The van der Waals surface area contributed by atoms with E-state index in [-0.39, 0.29) is 0 Å². The van der Waals surface area contributed by atoms with Gasteiger partial charge in [0.2, 0.25) is 5.89 Å². The van der Waals surface area contributed by atoms with Gasteiger partial charge in [-0.3, -0.25) is 0 Å². The zero-order valence-corrected chi connectivity index (χ0v) is 26.5. The second-order valence-corrected chi connectivity index (χ2v) is 12.0. The molecule has 0 aliphatic rings. The normalized spacial score (nSPS) is 11.3. The molecule has 0 fully saturated rings. The third-order valence-corrected chi connectivity index (χ3v) is 8.95. The number of rotatable bonds is 6. The van der Waals surface area contributed by atoms with Crippen molar-refractivity contribution >= 4 is 21.9 Å². The lowest BCUT2D eigenvalue weighted by Gasteiger charge is -2.18. The molecule has 0 spiro atoms. The van der Waals surface area contributed by atoms with Crippen LogP contribution in [0, 0.1) is 0 Å². The van der Waals surface area contributed by atoms with Gasteiger partial charge in [-0.2, -0.15) is 0 Å². The molecular formula is C45H29N3O. The lowest BCUT2D eigenvalue weighted by Crippen LogP contribution is -1.98. The van der Waals surface area contributed by atoms with Gasteiger partial charge in [0.15, 0.2) is 11.4 Å². The Morgan fingerprint density at radius 1 is 0.388 bits per heavy atom. The summed E-state index contributed by atoms with van der Waals surface area (Å²) in [6.07, 6.45) is 0. The minimum atomic E-state index is 0.612. The maximum Gasteiger partial charge on any atom is 0.227 e. The zero-order valence-electron chi connectivity index (χ0n) is 26.5. The first-order valence-electron chi connectivity index (χ1n) is 16.4. The molecular weight excluding hydrogens is 599 g/mol. The van der Waals surface area contributed by atoms with Crippen LogP contribution in [0.1, 0.15) is 0 Å². The van der Waals surface area contributed by atoms with E-state index in [1.807, 2.05) is 72.8 Å². The van der Waals surface area contributed by atoms with Crippen molar-refractivity contribution in [3.8, 4) is 67.6 Å². The highest BCUT2D eigenvalue weighted by Crippen LogP contribution is 2.43. The van der Waals surface area contributed by atoms with Crippen molar-refractivity contribution in [2.45, 2.75) is 0 Å². The van der Waals surface area contributed by atoms with E-state index >= 15 is 0 Å². The molecule has 0 aliphatic carbocycles. The van der Waals surface area contributed by atoms with Gasteiger partial charge in [0.25, 0.3) is 0 Å². The highest BCUT2D eigenvalue weighted by molar-refractivity contribution is 6.07. The fourth-order valence-electron chi connectivity index (χ4n) is 6.58. The van der Waals surface area contributed by atoms with Gasteiger partial charge in [0.05, 0.1) is 11.4 Å². The molecule has 0 bridgehead atoms. The summed E-state index contributed by atoms with van der Waals surface area (Å²) in [6, 6.07) is 60.4. The zero-order chi connectivity index (χ0) is 32.6. The van der Waals surface area contributed by atoms with E-state index in [0.29, 0.717) is 11.7 Å². The van der Waals surface area contributed by atoms with E-state index in [1.165, 1.54) is 0 Å². The SMILES string of the molecule is c1ccc(-c2cc(-c3ccccc3)nc(-c3ccccc3-c3c(-c4ccc5nc(-c6ccccc6)oc5c4)ccc4ccccc34)n2)cc1. The average Bonchev–Trinajstić information content (AvgIpc) is 3.62. The number of benzene rings is 7. The van der Waals surface area contributed by atoms with E-state index in [4.69, 9.17) is 19.4 Å². The predicted octanol–water partition coefficient (Wildman–Crippen LogP) is 11.8. The van der Waals surface area contributed by atoms with Crippen LogP contribution in [0.4, 0.5) is 0 Å². The number of hydrogen-bond acceptors (Lipinski definition) is 4. The molecule has 4 nitrogen and oxygen atoms in total. The minimum absolute atomic E-state index is 0.612. The Balaban J connectivity index is 1.26. The van der Waals surface area contributed by atoms with E-state index in [1.54, 1.807) is 0 Å². The second-order valence-electron chi connectivity index (χ2n) is 12.0. The van der Waals surface area contributed by atoms with Crippen LogP contribution in [-0.4, -0.2) is 15.0 Å². The van der Waals surface area contributed by atoms with E-state index in [0.717, 1.165) is 77.8 Å². The molecule has 4 heteroatoms. The van der Waals surface area contributed by atoms with Crippen LogP contribution in [0.15, 0.2) is 180 Å². The molecule has 49 heavy (non-hydrogen) atoms. The van der Waals surface area contributed by atoms with Crippen molar-refractivity contribution in [2.75, 3.05) is 0 Å². The maximum absolute atomic E-state index is 6.32. The molecule has 2 aromatic heterocycles. The third-order valence-electron chi connectivity index (χ3n) is 8.95. The van der Waals surface area contributed by atoms with Crippen LogP contribution in [0.3, 0.4) is 0 Å². The molecule has 0 atom stereocenters. The topological polar surface area (TPSA) is 51.8 Å². The summed E-state index contributed by atoms with van der Waals surface area (Å²) in [5.74, 6) is 1.29. The monoisotopic (exact) mass is 627 g/mol. The Hall–Kier alpha value is -6.65. The summed E-state index contributed by atoms with van der Waals surface area (Å²) in [6.45, 7) is 0. The van der Waals surface area contributed by atoms with Crippen LogP contribution in [0.5, 0.6) is 0 Å². The summed E-state index contributed by atoms with van der Waals surface area (Å²) >= 11 is 0. The molecule has 230 valence electrons. The number of nitrogens with zero attached hydrogens (tertiary/aromatic N) is 3. The number of aromatic nitrogens is 3. The Bertz CT molecular complexity index is 2540. The largest absolute Gasteiger partial charge is 0.436 e. The molecule has 7 aromatic carbocycles. The smallest absolute Gasteiger partial charge is 0.227 e. The van der Waals surface area contributed by atoms with Crippen molar-refractivity contribution in [1.82, 2.24) is 15.0 Å². The molecule has 0 aliphatic heterocycles. The van der Waals surface area contributed by atoms with E-state index in [2.05, 4.69) is 103 Å². The van der Waals surface area contributed by atoms with Crippen LogP contribution >= 0.6 is 0 Å². The van der Waals surface area contributed by atoms with Crippen LogP contribution in [-0.2, 0) is 0 Å². The summed E-state index contributed by atoms with van der Waals surface area (Å²) < 4.78 is 6.32. The summed E-state index contributed by atoms with van der Waals surface area (Å²) in [4.78, 5) is 15.2. The van der Waals surface area contributed by atoms with Gasteiger partial charge < -0.3 is 4.42 Å². The highest BCUT2D eigenvalue weighted by Gasteiger charge is 2.20. The Labute approximate surface area is 284 Å². The molecule has 0 N–H and O–H groups in total. The Morgan fingerprint density at radius 2 is 0.980 bits per heavy atom. The van der Waals surface area contributed by atoms with Gasteiger partial charge >= 0.3 is 0 Å². The van der Waals surface area contributed by atoms with Crippen LogP contribution < -0.4 is 0 Å². The predicted molar refractivity (Wildman–Crippen MR) is 200 cm³/mol. The van der Waals surface area contributed by atoms with E-state index in [9.17, 15) is 0 Å². The average molecular weight is 628 g/mol. The first kappa shape index (κ1) is 28.6. The van der Waals surface area contributed by atoms with Crippen molar-refractivity contribution in [3.63, 3.8) is 0 Å². The van der Waals surface area contributed by atoms with Gasteiger partial charge in [-0.25, -0.2) is 15.0 Å². The number of oxazole rings is 1. The van der Waals surface area contributed by atoms with Crippen LogP contribution in [0.2, 0.25) is 0 Å². The van der Waals surface area contributed by atoms with Crippen LogP contribution in [0.25, 0.3) is 89.5 Å². The molecule has 0 saturated heterocycles. The van der Waals surface area contributed by atoms with Gasteiger partial charge in [0.1, 0.15) is 5.52 Å². The molecule has 0 amide bonds. The molecule has 0 saturated carbocycles. The molecule has 2 heterocycles. The third kappa shape index (κ3) is 5.35. The molecule has 0 unspecified atom stereocenters. The fraction of sp³-hybridized carbons (Fsp3) is 0. The number of fused-ring (bicyclic) bond motifs is 2. The van der Waals surface area contributed by atoms with Crippen molar-refractivity contribution in [3.05, 3.63) is 176 Å². The van der Waals surface area contributed by atoms with Gasteiger partial charge in [0, 0.05) is 22.3 Å². The summed E-state index contributed by atoms with van der Waals surface area (Å²) in [7, 11) is 0. The van der Waals surface area contributed by atoms with Crippen molar-refractivity contribution in [1.29, 1.82) is 0 Å². The fourth-order valence-corrected chi connectivity index (χ4v) is 6.58. The first-order chi connectivity index (χ1) is 24.3. The van der Waals surface area contributed by atoms with Gasteiger partial charge in [-0.15, -0.1) is 0 Å². The molecule has 0 radical (unpaired) electrons. The summed E-state index contributed by atoms with van der Waals surface area (Å²) in [5, 5.41) is 2.31. The van der Waals surface area contributed by atoms with Gasteiger partial charge in [-0.1, -0.05) is 146 Å². The minimum Gasteiger partial charge on any atom is -0.436 e. The highest BCUT2D eigenvalue weighted by atomic mass is 16.3.